The molecule has 5 heteroatoms. The Bertz CT molecular complexity index is 820. The van der Waals surface area contributed by atoms with Gasteiger partial charge in [-0.25, -0.2) is 0 Å². The summed E-state index contributed by atoms with van der Waals surface area (Å²) in [5.74, 6) is 0.617. The Morgan fingerprint density at radius 2 is 1.65 bits per heavy atom. The van der Waals surface area contributed by atoms with Crippen LogP contribution in [-0.2, 0) is 6.61 Å². The Labute approximate surface area is 134 Å². The molecule has 0 aliphatic heterocycles. The monoisotopic (exact) mass is 300 g/mol. The average molecular weight is 300 g/mol. The molecule has 0 saturated heterocycles. The highest BCUT2D eigenvalue weighted by Gasteiger charge is 2.06. The van der Waals surface area contributed by atoms with Crippen molar-refractivity contribution in [2.75, 3.05) is 5.32 Å². The largest absolute Gasteiger partial charge is 0.489 e. The van der Waals surface area contributed by atoms with Crippen molar-refractivity contribution < 1.29 is 4.74 Å². The summed E-state index contributed by atoms with van der Waals surface area (Å²) in [5, 5.41) is 29.4. The number of hydrogen-bond donors (Lipinski definition) is 1. The van der Waals surface area contributed by atoms with Crippen LogP contribution in [0.1, 0.15) is 5.56 Å². The van der Waals surface area contributed by atoms with Crippen LogP contribution in [0.15, 0.2) is 65.9 Å². The van der Waals surface area contributed by atoms with Crippen molar-refractivity contribution in [3.8, 4) is 24.0 Å². The molecular formula is C18H12N4O. The first-order valence-electron chi connectivity index (χ1n) is 6.75. The van der Waals surface area contributed by atoms with Gasteiger partial charge in [0.25, 0.3) is 0 Å². The quantitative estimate of drug-likeness (QED) is 0.853. The Balaban J connectivity index is 2.12. The van der Waals surface area contributed by atoms with Gasteiger partial charge in [-0.2, -0.15) is 15.8 Å². The normalized spacial score (nSPS) is 8.91. The fourth-order valence-electron chi connectivity index (χ4n) is 1.83. The number of nitriles is 3. The molecule has 0 bridgehead atoms. The summed E-state index contributed by atoms with van der Waals surface area (Å²) in [5.41, 5.74) is 1.26. The Morgan fingerprint density at radius 1 is 0.913 bits per heavy atom. The number of rotatable bonds is 5. The molecule has 0 fully saturated rings. The highest BCUT2D eigenvalue weighted by molar-refractivity contribution is 5.59. The summed E-state index contributed by atoms with van der Waals surface area (Å²) in [4.78, 5) is 0. The van der Waals surface area contributed by atoms with Crippen molar-refractivity contribution in [1.82, 2.24) is 0 Å². The summed E-state index contributed by atoms with van der Waals surface area (Å²) in [6.45, 7) is 0.423. The van der Waals surface area contributed by atoms with Gasteiger partial charge in [-0.3, -0.25) is 0 Å². The Kier molecular flexibility index (Phi) is 5.36. The number of benzene rings is 2. The molecule has 0 aromatic heterocycles. The summed E-state index contributed by atoms with van der Waals surface area (Å²) in [7, 11) is 0. The van der Waals surface area contributed by atoms with Crippen LogP contribution >= 0.6 is 0 Å². The lowest BCUT2D eigenvalue weighted by Gasteiger charge is -2.09. The zero-order valence-corrected chi connectivity index (χ0v) is 12.2. The number of anilines is 1. The molecule has 0 spiro atoms. The van der Waals surface area contributed by atoms with E-state index in [1.54, 1.807) is 36.4 Å². The highest BCUT2D eigenvalue weighted by Crippen LogP contribution is 2.20. The van der Waals surface area contributed by atoms with Crippen LogP contribution < -0.4 is 10.1 Å². The molecule has 2 rings (SSSR count). The minimum Gasteiger partial charge on any atom is -0.489 e. The van der Waals surface area contributed by atoms with Gasteiger partial charge >= 0.3 is 0 Å². The highest BCUT2D eigenvalue weighted by atomic mass is 16.5. The van der Waals surface area contributed by atoms with Crippen LogP contribution in [0.3, 0.4) is 0 Å². The summed E-state index contributed by atoms with van der Waals surface area (Å²) in [6.07, 6.45) is 0. The molecule has 110 valence electrons. The van der Waals surface area contributed by atoms with Gasteiger partial charge in [0.05, 0.1) is 0 Å². The average Bonchev–Trinajstić information content (AvgIpc) is 2.61. The van der Waals surface area contributed by atoms with Gasteiger partial charge in [-0.1, -0.05) is 36.4 Å². The maximum Gasteiger partial charge on any atom is 0.163 e. The van der Waals surface area contributed by atoms with Crippen LogP contribution in [-0.4, -0.2) is 0 Å². The third kappa shape index (κ3) is 4.36. The van der Waals surface area contributed by atoms with E-state index in [4.69, 9.17) is 20.5 Å². The fraction of sp³-hybridized carbons (Fsp3) is 0.0556. The van der Waals surface area contributed by atoms with E-state index < -0.39 is 0 Å². The van der Waals surface area contributed by atoms with Crippen LogP contribution in [0.5, 0.6) is 5.75 Å². The molecule has 0 radical (unpaired) electrons. The minimum absolute atomic E-state index is 0.0878. The molecule has 0 unspecified atom stereocenters. The zero-order valence-electron chi connectivity index (χ0n) is 12.2. The third-order valence-corrected chi connectivity index (χ3v) is 2.94. The van der Waals surface area contributed by atoms with Gasteiger partial charge in [0.1, 0.15) is 36.3 Å². The van der Waals surface area contributed by atoms with Crippen LogP contribution in [0, 0.1) is 34.0 Å². The number of nitrogens with one attached hydrogen (secondary N) is 1. The molecule has 5 nitrogen and oxygen atoms in total. The molecule has 0 saturated carbocycles. The van der Waals surface area contributed by atoms with Crippen molar-refractivity contribution in [1.29, 1.82) is 15.8 Å². The van der Waals surface area contributed by atoms with Gasteiger partial charge < -0.3 is 10.1 Å². The second-order valence-electron chi connectivity index (χ2n) is 4.51. The molecule has 0 amide bonds. The van der Waals surface area contributed by atoms with E-state index in [1.807, 2.05) is 36.4 Å². The molecule has 2 aromatic rings. The molecule has 0 atom stereocenters. The summed E-state index contributed by atoms with van der Waals surface area (Å²) < 4.78 is 5.69. The molecule has 1 N–H and O–H groups in total. The first kappa shape index (κ1) is 15.6. The molecule has 0 aliphatic rings. The lowest BCUT2D eigenvalue weighted by molar-refractivity contribution is 0.306. The first-order valence-corrected chi connectivity index (χ1v) is 6.75. The van der Waals surface area contributed by atoms with Gasteiger partial charge in [-0.05, 0) is 17.7 Å². The van der Waals surface area contributed by atoms with Crippen LogP contribution in [0.4, 0.5) is 5.69 Å². The van der Waals surface area contributed by atoms with Crippen molar-refractivity contribution in [2.24, 2.45) is 0 Å². The maximum absolute atomic E-state index is 9.04. The SMILES string of the molecule is N#CC(C#N)=C(C#N)Nc1cccc(OCc2ccccc2)c1. The van der Waals surface area contributed by atoms with Gasteiger partial charge in [0.15, 0.2) is 5.57 Å². The van der Waals surface area contributed by atoms with Crippen molar-refractivity contribution in [2.45, 2.75) is 6.61 Å². The maximum atomic E-state index is 9.04. The predicted molar refractivity (Wildman–Crippen MR) is 84.7 cm³/mol. The number of nitrogens with zero attached hydrogens (tertiary/aromatic N) is 3. The molecule has 0 aliphatic carbocycles. The van der Waals surface area contributed by atoms with Crippen molar-refractivity contribution >= 4 is 5.69 Å². The molecule has 2 aromatic carbocycles. The van der Waals surface area contributed by atoms with Crippen molar-refractivity contribution in [3.05, 3.63) is 71.4 Å². The zero-order chi connectivity index (χ0) is 16.5. The topological polar surface area (TPSA) is 92.6 Å². The number of hydrogen-bond acceptors (Lipinski definition) is 5. The number of allylic oxidation sites excluding steroid dienone is 2. The Hall–Kier alpha value is -3.75. The second-order valence-corrected chi connectivity index (χ2v) is 4.51. The molecular weight excluding hydrogens is 288 g/mol. The molecule has 23 heavy (non-hydrogen) atoms. The predicted octanol–water partition coefficient (Wildman–Crippen LogP) is 3.50. The molecule has 0 heterocycles. The lowest BCUT2D eigenvalue weighted by atomic mass is 10.2. The van der Waals surface area contributed by atoms with Gasteiger partial charge in [0.2, 0.25) is 0 Å². The third-order valence-electron chi connectivity index (χ3n) is 2.94. The minimum atomic E-state index is -0.261. The van der Waals surface area contributed by atoms with Gasteiger partial charge in [0, 0.05) is 11.8 Å². The summed E-state index contributed by atoms with van der Waals surface area (Å²) in [6, 6.07) is 21.9. The van der Waals surface area contributed by atoms with Crippen LogP contribution in [0.2, 0.25) is 0 Å². The van der Waals surface area contributed by atoms with Crippen LogP contribution in [0.25, 0.3) is 0 Å². The van der Waals surface area contributed by atoms with E-state index in [1.165, 1.54) is 0 Å². The first-order chi connectivity index (χ1) is 11.3. The van der Waals surface area contributed by atoms with E-state index >= 15 is 0 Å². The lowest BCUT2D eigenvalue weighted by Crippen LogP contribution is -2.01. The standard InChI is InChI=1S/C18H12N4O/c19-10-15(11-20)18(12-21)22-16-7-4-8-17(9-16)23-13-14-5-2-1-3-6-14/h1-9,22H,13H2. The second kappa shape index (κ2) is 7.88. The van der Waals surface area contributed by atoms with Crippen molar-refractivity contribution in [3.63, 3.8) is 0 Å². The number of ether oxygens (including phenoxy) is 1. The summed E-state index contributed by atoms with van der Waals surface area (Å²) >= 11 is 0. The smallest absolute Gasteiger partial charge is 0.163 e. The van der Waals surface area contributed by atoms with E-state index in [2.05, 4.69) is 5.32 Å². The fourth-order valence-corrected chi connectivity index (χ4v) is 1.83. The van der Waals surface area contributed by atoms with Gasteiger partial charge in [-0.15, -0.1) is 0 Å². The van der Waals surface area contributed by atoms with E-state index in [0.717, 1.165) is 5.56 Å². The van der Waals surface area contributed by atoms with E-state index in [9.17, 15) is 0 Å². The van der Waals surface area contributed by atoms with E-state index in [-0.39, 0.29) is 11.3 Å². The Morgan fingerprint density at radius 3 is 2.30 bits per heavy atom. The van der Waals surface area contributed by atoms with E-state index in [0.29, 0.717) is 18.0 Å².